The fraction of sp³-hybridized carbons (Fsp3) is 0.308. The number of rotatable bonds is 3. The second-order valence-electron chi connectivity index (χ2n) is 4.45. The lowest BCUT2D eigenvalue weighted by atomic mass is 9.97. The molecule has 0 radical (unpaired) electrons. The summed E-state index contributed by atoms with van der Waals surface area (Å²) in [6, 6.07) is 1.42. The maximum atomic E-state index is 13.4. The summed E-state index contributed by atoms with van der Waals surface area (Å²) in [5.74, 6) is -0.753. The van der Waals surface area contributed by atoms with Crippen molar-refractivity contribution in [3.05, 3.63) is 52.1 Å². The van der Waals surface area contributed by atoms with Gasteiger partial charge in [-0.15, -0.1) is 0 Å². The Bertz CT molecular complexity index is 632. The normalized spacial score (nSPS) is 13.5. The summed E-state index contributed by atoms with van der Waals surface area (Å²) in [4.78, 5) is 0. The lowest BCUT2D eigenvalue weighted by Gasteiger charge is -2.22. The van der Waals surface area contributed by atoms with E-state index in [9.17, 15) is 17.6 Å². The van der Waals surface area contributed by atoms with Gasteiger partial charge < -0.3 is 5.32 Å². The van der Waals surface area contributed by atoms with Crippen molar-refractivity contribution < 1.29 is 17.6 Å². The molecule has 0 spiro atoms. The van der Waals surface area contributed by atoms with Crippen molar-refractivity contribution in [3.63, 3.8) is 0 Å². The molecule has 1 aromatic carbocycles. The molecule has 0 bridgehead atoms. The van der Waals surface area contributed by atoms with E-state index in [1.54, 1.807) is 7.05 Å². The van der Waals surface area contributed by atoms with Crippen LogP contribution in [0, 0.1) is 5.82 Å². The molecule has 0 aliphatic carbocycles. The molecule has 1 aromatic heterocycles. The second-order valence-corrected chi connectivity index (χ2v) is 4.86. The van der Waals surface area contributed by atoms with Crippen LogP contribution in [-0.2, 0) is 13.2 Å². The third-order valence-corrected chi connectivity index (χ3v) is 3.42. The van der Waals surface area contributed by atoms with Gasteiger partial charge in [-0.1, -0.05) is 11.6 Å². The van der Waals surface area contributed by atoms with Gasteiger partial charge in [-0.3, -0.25) is 4.68 Å². The van der Waals surface area contributed by atoms with Crippen LogP contribution in [0.25, 0.3) is 0 Å². The zero-order valence-electron chi connectivity index (χ0n) is 11.2. The molecule has 1 unspecified atom stereocenters. The van der Waals surface area contributed by atoms with E-state index in [0.29, 0.717) is 5.69 Å². The van der Waals surface area contributed by atoms with Gasteiger partial charge in [0.25, 0.3) is 0 Å². The molecule has 1 N–H and O–H groups in total. The van der Waals surface area contributed by atoms with Crippen LogP contribution in [0.3, 0.4) is 0 Å². The number of nitrogens with zero attached hydrogens (tertiary/aromatic N) is 2. The Hall–Kier alpha value is -1.60. The molecule has 0 fully saturated rings. The van der Waals surface area contributed by atoms with Crippen molar-refractivity contribution in [2.24, 2.45) is 7.05 Å². The van der Waals surface area contributed by atoms with Crippen LogP contribution in [0.4, 0.5) is 17.6 Å². The molecule has 0 saturated carbocycles. The number of hydrogen-bond acceptors (Lipinski definition) is 2. The number of hydrogen-bond donors (Lipinski definition) is 1. The van der Waals surface area contributed by atoms with E-state index in [0.717, 1.165) is 18.2 Å². The zero-order valence-corrected chi connectivity index (χ0v) is 11.9. The first-order chi connectivity index (χ1) is 9.75. The van der Waals surface area contributed by atoms with Crippen LogP contribution < -0.4 is 5.32 Å². The molecular weight excluding hydrogens is 310 g/mol. The molecule has 0 saturated heterocycles. The van der Waals surface area contributed by atoms with E-state index in [-0.39, 0.29) is 10.6 Å². The quantitative estimate of drug-likeness (QED) is 0.876. The van der Waals surface area contributed by atoms with Gasteiger partial charge in [0.1, 0.15) is 5.82 Å². The highest BCUT2D eigenvalue weighted by atomic mass is 35.5. The summed E-state index contributed by atoms with van der Waals surface area (Å²) < 4.78 is 54.1. The van der Waals surface area contributed by atoms with Crippen molar-refractivity contribution in [2.45, 2.75) is 12.2 Å². The topological polar surface area (TPSA) is 29.9 Å². The monoisotopic (exact) mass is 321 g/mol. The minimum atomic E-state index is -4.59. The van der Waals surface area contributed by atoms with Crippen molar-refractivity contribution in [1.82, 2.24) is 15.1 Å². The maximum absolute atomic E-state index is 13.4. The fourth-order valence-corrected chi connectivity index (χ4v) is 2.49. The standard InChI is InChI=1S/C13H12ClF4N3/c1-19-11(12-10(14)6-20-21(12)2)8-5-7(15)3-4-9(8)13(16,17)18/h3-6,11,19H,1-2H3. The molecular formula is C13H12ClF4N3. The Kier molecular flexibility index (Phi) is 4.25. The highest BCUT2D eigenvalue weighted by Crippen LogP contribution is 2.38. The van der Waals surface area contributed by atoms with Crippen LogP contribution >= 0.6 is 11.6 Å². The van der Waals surface area contributed by atoms with E-state index < -0.39 is 23.6 Å². The molecule has 0 aliphatic heterocycles. The van der Waals surface area contributed by atoms with Crippen molar-refractivity contribution >= 4 is 11.6 Å². The first-order valence-corrected chi connectivity index (χ1v) is 6.34. The molecule has 3 nitrogen and oxygen atoms in total. The largest absolute Gasteiger partial charge is 0.416 e. The third kappa shape index (κ3) is 3.03. The summed E-state index contributed by atoms with van der Waals surface area (Å²) >= 11 is 5.98. The van der Waals surface area contributed by atoms with Crippen LogP contribution in [0.1, 0.15) is 22.9 Å². The van der Waals surface area contributed by atoms with Gasteiger partial charge in [-0.2, -0.15) is 18.3 Å². The summed E-state index contributed by atoms with van der Waals surface area (Å²) in [6.07, 6.45) is -3.27. The number of benzene rings is 1. The Morgan fingerprint density at radius 3 is 2.48 bits per heavy atom. The number of alkyl halides is 3. The van der Waals surface area contributed by atoms with Crippen LogP contribution in [-0.4, -0.2) is 16.8 Å². The number of aromatic nitrogens is 2. The van der Waals surface area contributed by atoms with Crippen molar-refractivity contribution in [3.8, 4) is 0 Å². The lowest BCUT2D eigenvalue weighted by Crippen LogP contribution is -2.24. The molecule has 8 heteroatoms. The maximum Gasteiger partial charge on any atom is 0.416 e. The second kappa shape index (κ2) is 5.65. The van der Waals surface area contributed by atoms with Gasteiger partial charge in [0.2, 0.25) is 0 Å². The van der Waals surface area contributed by atoms with Gasteiger partial charge in [0, 0.05) is 7.05 Å². The van der Waals surface area contributed by atoms with Crippen molar-refractivity contribution in [1.29, 1.82) is 0 Å². The molecule has 0 aliphatic rings. The zero-order chi connectivity index (χ0) is 15.8. The fourth-order valence-electron chi connectivity index (χ4n) is 2.22. The predicted molar refractivity (Wildman–Crippen MR) is 70.5 cm³/mol. The predicted octanol–water partition coefficient (Wildman–Crippen LogP) is 3.54. The van der Waals surface area contributed by atoms with Gasteiger partial charge in [-0.25, -0.2) is 4.39 Å². The minimum Gasteiger partial charge on any atom is -0.308 e. The SMILES string of the molecule is CNC(c1cc(F)ccc1C(F)(F)F)c1c(Cl)cnn1C. The molecule has 114 valence electrons. The Morgan fingerprint density at radius 1 is 1.33 bits per heavy atom. The average molecular weight is 322 g/mol. The molecule has 0 amide bonds. The van der Waals surface area contributed by atoms with Gasteiger partial charge in [-0.05, 0) is 30.8 Å². The minimum absolute atomic E-state index is 0.203. The third-order valence-electron chi connectivity index (χ3n) is 3.13. The summed E-state index contributed by atoms with van der Waals surface area (Å²) in [6.45, 7) is 0. The average Bonchev–Trinajstić information content (AvgIpc) is 2.70. The summed E-state index contributed by atoms with van der Waals surface area (Å²) in [7, 11) is 3.02. The molecule has 2 aromatic rings. The van der Waals surface area contributed by atoms with E-state index >= 15 is 0 Å². The molecule has 1 heterocycles. The van der Waals surface area contributed by atoms with Crippen molar-refractivity contribution in [2.75, 3.05) is 7.05 Å². The smallest absolute Gasteiger partial charge is 0.308 e. The Labute approximate surface area is 123 Å². The number of nitrogens with one attached hydrogen (secondary N) is 1. The van der Waals surface area contributed by atoms with E-state index in [4.69, 9.17) is 11.6 Å². The number of halogens is 5. The Balaban J connectivity index is 2.65. The van der Waals surface area contributed by atoms with Crippen LogP contribution in [0.15, 0.2) is 24.4 Å². The highest BCUT2D eigenvalue weighted by molar-refractivity contribution is 6.31. The van der Waals surface area contributed by atoms with Crippen LogP contribution in [0.5, 0.6) is 0 Å². The molecule has 21 heavy (non-hydrogen) atoms. The van der Waals surface area contributed by atoms with E-state index in [2.05, 4.69) is 10.4 Å². The number of aryl methyl sites for hydroxylation is 1. The van der Waals surface area contributed by atoms with E-state index in [1.165, 1.54) is 17.9 Å². The van der Waals surface area contributed by atoms with Crippen LogP contribution in [0.2, 0.25) is 5.02 Å². The highest BCUT2D eigenvalue weighted by Gasteiger charge is 2.36. The van der Waals surface area contributed by atoms with E-state index in [1.807, 2.05) is 0 Å². The van der Waals surface area contributed by atoms with Gasteiger partial charge in [0.05, 0.1) is 28.5 Å². The Morgan fingerprint density at radius 2 is 2.00 bits per heavy atom. The van der Waals surface area contributed by atoms with Gasteiger partial charge >= 0.3 is 6.18 Å². The molecule has 1 atom stereocenters. The van der Waals surface area contributed by atoms with Gasteiger partial charge in [0.15, 0.2) is 0 Å². The summed E-state index contributed by atoms with van der Waals surface area (Å²) in [5.41, 5.74) is -0.828. The first kappa shape index (κ1) is 15.8. The molecule has 2 rings (SSSR count). The lowest BCUT2D eigenvalue weighted by molar-refractivity contribution is -0.138. The summed E-state index contributed by atoms with van der Waals surface area (Å²) in [5, 5.41) is 6.83. The first-order valence-electron chi connectivity index (χ1n) is 5.97.